The van der Waals surface area contributed by atoms with Gasteiger partial charge in [-0.3, -0.25) is 0 Å². The van der Waals surface area contributed by atoms with Gasteiger partial charge in [0.2, 0.25) is 0 Å². The SMILES string of the molecule is Cn1ccc2cc(-c3cc(C(F)(F)F)c(NC4CC5CN(CC6CCOCC6)CC5C4)nn3)ccc21. The summed E-state index contributed by atoms with van der Waals surface area (Å²) in [7, 11) is 1.94. The zero-order valence-corrected chi connectivity index (χ0v) is 20.5. The summed E-state index contributed by atoms with van der Waals surface area (Å²) in [6, 6.07) is 8.61. The average molecular weight is 500 g/mol. The molecule has 3 fully saturated rings. The highest BCUT2D eigenvalue weighted by atomic mass is 19.4. The predicted molar refractivity (Wildman–Crippen MR) is 133 cm³/mol. The molecule has 2 unspecified atom stereocenters. The molecule has 36 heavy (non-hydrogen) atoms. The first-order valence-corrected chi connectivity index (χ1v) is 12.9. The zero-order valence-electron chi connectivity index (χ0n) is 20.5. The number of alkyl halides is 3. The van der Waals surface area contributed by atoms with Gasteiger partial charge in [-0.15, -0.1) is 10.2 Å². The van der Waals surface area contributed by atoms with E-state index in [1.165, 1.54) is 0 Å². The standard InChI is InChI=1S/C27H32F3N5O/c1-34-7-4-19-10-18(2-3-25(19)34)24-13-23(27(28,29)30)26(33-32-24)31-22-11-20-15-35(16-21(20)12-22)14-17-5-8-36-9-6-17/h2-4,7,10,13,17,20-22H,5-6,8-9,11-12,14-16H2,1H3,(H,31,33). The Morgan fingerprint density at radius 3 is 2.50 bits per heavy atom. The zero-order chi connectivity index (χ0) is 24.9. The molecule has 1 aliphatic carbocycles. The number of anilines is 1. The van der Waals surface area contributed by atoms with Gasteiger partial charge >= 0.3 is 6.18 Å². The molecule has 4 heterocycles. The highest BCUT2D eigenvalue weighted by Crippen LogP contribution is 2.42. The minimum absolute atomic E-state index is 0.00727. The number of fused-ring (bicyclic) bond motifs is 2. The second-order valence-corrected chi connectivity index (χ2v) is 10.8. The topological polar surface area (TPSA) is 55.2 Å². The molecule has 1 N–H and O–H groups in total. The molecule has 0 bridgehead atoms. The summed E-state index contributed by atoms with van der Waals surface area (Å²) < 4.78 is 49.6. The van der Waals surface area contributed by atoms with Crippen molar-refractivity contribution in [3.63, 3.8) is 0 Å². The summed E-state index contributed by atoms with van der Waals surface area (Å²) in [5.41, 5.74) is 1.11. The largest absolute Gasteiger partial charge is 0.420 e. The highest BCUT2D eigenvalue weighted by molar-refractivity contribution is 5.85. The van der Waals surface area contributed by atoms with Crippen molar-refractivity contribution in [1.82, 2.24) is 19.7 Å². The van der Waals surface area contributed by atoms with Gasteiger partial charge in [0, 0.05) is 68.6 Å². The maximum Gasteiger partial charge on any atom is 0.420 e. The molecule has 3 aliphatic rings. The number of aryl methyl sites for hydroxylation is 1. The third kappa shape index (κ3) is 4.70. The molecule has 6 rings (SSSR count). The lowest BCUT2D eigenvalue weighted by atomic mass is 10.00. The Labute approximate surface area is 208 Å². The van der Waals surface area contributed by atoms with Crippen molar-refractivity contribution in [2.45, 2.75) is 37.9 Å². The van der Waals surface area contributed by atoms with Crippen LogP contribution in [-0.2, 0) is 18.0 Å². The molecule has 6 nitrogen and oxygen atoms in total. The highest BCUT2D eigenvalue weighted by Gasteiger charge is 2.43. The summed E-state index contributed by atoms with van der Waals surface area (Å²) >= 11 is 0. The fraction of sp³-hybridized carbons (Fsp3) is 0.556. The lowest BCUT2D eigenvalue weighted by molar-refractivity contribution is -0.137. The van der Waals surface area contributed by atoms with Crippen LogP contribution >= 0.6 is 0 Å². The van der Waals surface area contributed by atoms with E-state index in [0.29, 0.717) is 23.3 Å². The van der Waals surface area contributed by atoms with Gasteiger partial charge in [-0.05, 0) is 67.7 Å². The number of halogens is 3. The Hall–Kier alpha value is -2.65. The van der Waals surface area contributed by atoms with Gasteiger partial charge in [0.25, 0.3) is 0 Å². The van der Waals surface area contributed by atoms with E-state index >= 15 is 0 Å². The Morgan fingerprint density at radius 2 is 1.78 bits per heavy atom. The van der Waals surface area contributed by atoms with Crippen molar-refractivity contribution in [2.24, 2.45) is 24.8 Å². The molecule has 192 valence electrons. The Balaban J connectivity index is 1.15. The van der Waals surface area contributed by atoms with Crippen LogP contribution < -0.4 is 5.32 Å². The number of likely N-dealkylation sites (tertiary alicyclic amines) is 1. The van der Waals surface area contributed by atoms with Crippen molar-refractivity contribution in [2.75, 3.05) is 38.2 Å². The minimum atomic E-state index is -4.52. The van der Waals surface area contributed by atoms with E-state index in [1.807, 2.05) is 36.0 Å². The molecule has 9 heteroatoms. The number of nitrogens with zero attached hydrogens (tertiary/aromatic N) is 4. The molecule has 0 spiro atoms. The van der Waals surface area contributed by atoms with Crippen molar-refractivity contribution >= 4 is 16.7 Å². The first-order valence-electron chi connectivity index (χ1n) is 12.9. The quantitative estimate of drug-likeness (QED) is 0.523. The number of ether oxygens (including phenoxy) is 1. The third-order valence-corrected chi connectivity index (χ3v) is 8.31. The van der Waals surface area contributed by atoms with E-state index in [0.717, 1.165) is 75.5 Å². The normalized spacial score (nSPS) is 25.5. The van der Waals surface area contributed by atoms with E-state index < -0.39 is 11.7 Å². The predicted octanol–water partition coefficient (Wildman–Crippen LogP) is 5.20. The molecular weight excluding hydrogens is 467 g/mol. The van der Waals surface area contributed by atoms with E-state index in [-0.39, 0.29) is 17.6 Å². The van der Waals surface area contributed by atoms with Crippen LogP contribution in [-0.4, -0.2) is 58.6 Å². The number of rotatable bonds is 5. The van der Waals surface area contributed by atoms with Crippen LogP contribution in [0.15, 0.2) is 36.5 Å². The van der Waals surface area contributed by atoms with Gasteiger partial charge in [-0.2, -0.15) is 13.2 Å². The van der Waals surface area contributed by atoms with Crippen LogP contribution in [0.1, 0.15) is 31.2 Å². The first-order chi connectivity index (χ1) is 17.3. The number of nitrogens with one attached hydrogen (secondary N) is 1. The van der Waals surface area contributed by atoms with Crippen LogP contribution in [0.25, 0.3) is 22.2 Å². The number of aromatic nitrogens is 3. The van der Waals surface area contributed by atoms with Gasteiger partial charge in [-0.1, -0.05) is 6.07 Å². The number of hydrogen-bond donors (Lipinski definition) is 1. The van der Waals surface area contributed by atoms with Gasteiger partial charge in [-0.25, -0.2) is 0 Å². The molecule has 3 aromatic rings. The Morgan fingerprint density at radius 1 is 1.03 bits per heavy atom. The molecule has 0 radical (unpaired) electrons. The van der Waals surface area contributed by atoms with Crippen molar-refractivity contribution in [3.05, 3.63) is 42.1 Å². The molecule has 0 amide bonds. The second-order valence-electron chi connectivity index (χ2n) is 10.8. The molecule has 2 aromatic heterocycles. The van der Waals surface area contributed by atoms with Crippen LogP contribution in [0.4, 0.5) is 19.0 Å². The summed E-state index contributed by atoms with van der Waals surface area (Å²) in [5.74, 6) is 1.61. The van der Waals surface area contributed by atoms with Gasteiger partial charge in [0.05, 0.1) is 5.69 Å². The average Bonchev–Trinajstić information content (AvgIpc) is 3.52. The fourth-order valence-electron chi connectivity index (χ4n) is 6.45. The molecule has 1 saturated carbocycles. The summed E-state index contributed by atoms with van der Waals surface area (Å²) in [4.78, 5) is 2.56. The van der Waals surface area contributed by atoms with Crippen LogP contribution in [0.2, 0.25) is 0 Å². The Bertz CT molecular complexity index is 1220. The smallest absolute Gasteiger partial charge is 0.381 e. The summed E-state index contributed by atoms with van der Waals surface area (Å²) in [6.07, 6.45) is 1.42. The van der Waals surface area contributed by atoms with Crippen LogP contribution in [0.3, 0.4) is 0 Å². The Kier molecular flexibility index (Phi) is 6.16. The first kappa shape index (κ1) is 23.7. The molecule has 2 saturated heterocycles. The molecular formula is C27H32F3N5O. The molecule has 2 atom stereocenters. The monoisotopic (exact) mass is 499 g/mol. The lowest BCUT2D eigenvalue weighted by Gasteiger charge is -2.28. The number of benzene rings is 1. The summed E-state index contributed by atoms with van der Waals surface area (Å²) in [6.45, 7) is 4.92. The van der Waals surface area contributed by atoms with Crippen LogP contribution in [0.5, 0.6) is 0 Å². The van der Waals surface area contributed by atoms with E-state index in [1.54, 1.807) is 6.07 Å². The molecule has 1 aromatic carbocycles. The van der Waals surface area contributed by atoms with Gasteiger partial charge < -0.3 is 19.5 Å². The fourth-order valence-corrected chi connectivity index (χ4v) is 6.45. The van der Waals surface area contributed by atoms with E-state index in [9.17, 15) is 13.2 Å². The van der Waals surface area contributed by atoms with Crippen LogP contribution in [0, 0.1) is 17.8 Å². The van der Waals surface area contributed by atoms with Crippen molar-refractivity contribution in [3.8, 4) is 11.3 Å². The van der Waals surface area contributed by atoms with Crippen molar-refractivity contribution in [1.29, 1.82) is 0 Å². The summed E-state index contributed by atoms with van der Waals surface area (Å²) in [5, 5.41) is 12.3. The van der Waals surface area contributed by atoms with Gasteiger partial charge in [0.15, 0.2) is 5.82 Å². The maximum atomic E-state index is 14.1. The molecule has 2 aliphatic heterocycles. The van der Waals surface area contributed by atoms with E-state index in [4.69, 9.17) is 4.74 Å². The second kappa shape index (κ2) is 9.34. The number of hydrogen-bond acceptors (Lipinski definition) is 5. The minimum Gasteiger partial charge on any atom is -0.381 e. The van der Waals surface area contributed by atoms with Gasteiger partial charge in [0.1, 0.15) is 5.56 Å². The van der Waals surface area contributed by atoms with Crippen molar-refractivity contribution < 1.29 is 17.9 Å². The maximum absolute atomic E-state index is 14.1. The van der Waals surface area contributed by atoms with E-state index in [2.05, 4.69) is 20.4 Å². The lowest BCUT2D eigenvalue weighted by Crippen LogP contribution is -2.32. The third-order valence-electron chi connectivity index (χ3n) is 8.31.